The second-order valence-electron chi connectivity index (χ2n) is 6.77. The summed E-state index contributed by atoms with van der Waals surface area (Å²) >= 11 is 0. The molecule has 0 amide bonds. The summed E-state index contributed by atoms with van der Waals surface area (Å²) in [5, 5.41) is 0. The number of ether oxygens (including phenoxy) is 2. The number of aromatic nitrogens is 2. The van der Waals surface area contributed by atoms with Gasteiger partial charge in [-0.2, -0.15) is 0 Å². The van der Waals surface area contributed by atoms with Crippen LogP contribution in [0.5, 0.6) is 5.75 Å². The third-order valence-electron chi connectivity index (χ3n) is 5.29. The van der Waals surface area contributed by atoms with Crippen molar-refractivity contribution >= 4 is 0 Å². The molecule has 1 aromatic carbocycles. The Hall–Kier alpha value is -1.85. The highest BCUT2D eigenvalue weighted by Gasteiger charge is 2.30. The summed E-state index contributed by atoms with van der Waals surface area (Å²) in [4.78, 5) is 7.13. The van der Waals surface area contributed by atoms with Crippen molar-refractivity contribution in [1.82, 2.24) is 14.5 Å². The second kappa shape index (κ2) is 6.95. The molecule has 0 aliphatic carbocycles. The minimum Gasteiger partial charge on any atom is -0.497 e. The fraction of sp³-hybridized carbons (Fsp3) is 0.526. The summed E-state index contributed by atoms with van der Waals surface area (Å²) in [5.41, 5.74) is 1.35. The van der Waals surface area contributed by atoms with Crippen LogP contribution in [0.1, 0.15) is 30.3 Å². The van der Waals surface area contributed by atoms with Crippen LogP contribution in [0, 0.1) is 5.92 Å². The Bertz CT molecular complexity index is 662. The Morgan fingerprint density at radius 1 is 1.21 bits per heavy atom. The number of nitrogens with zero attached hydrogens (tertiary/aromatic N) is 3. The van der Waals surface area contributed by atoms with Gasteiger partial charge < -0.3 is 14.0 Å². The minimum atomic E-state index is 0.389. The van der Waals surface area contributed by atoms with Gasteiger partial charge in [-0.1, -0.05) is 12.1 Å². The topological polar surface area (TPSA) is 39.5 Å². The lowest BCUT2D eigenvalue weighted by Crippen LogP contribution is -2.40. The monoisotopic (exact) mass is 327 g/mol. The number of hydrogen-bond acceptors (Lipinski definition) is 4. The van der Waals surface area contributed by atoms with Gasteiger partial charge in [-0.25, -0.2) is 4.98 Å². The summed E-state index contributed by atoms with van der Waals surface area (Å²) in [6, 6.07) is 8.90. The Balaban J connectivity index is 1.57. The minimum absolute atomic E-state index is 0.389. The van der Waals surface area contributed by atoms with Gasteiger partial charge in [0.1, 0.15) is 11.6 Å². The molecular weight excluding hydrogens is 302 g/mol. The van der Waals surface area contributed by atoms with Crippen LogP contribution in [-0.4, -0.2) is 41.3 Å². The van der Waals surface area contributed by atoms with Gasteiger partial charge in [0, 0.05) is 38.7 Å². The van der Waals surface area contributed by atoms with E-state index in [1.54, 1.807) is 7.11 Å². The smallest absolute Gasteiger partial charge is 0.122 e. The number of fused-ring (bicyclic) bond motifs is 1. The zero-order chi connectivity index (χ0) is 16.4. The van der Waals surface area contributed by atoms with E-state index in [-0.39, 0.29) is 0 Å². The summed E-state index contributed by atoms with van der Waals surface area (Å²) in [5.74, 6) is 2.81. The van der Waals surface area contributed by atoms with Gasteiger partial charge in [-0.15, -0.1) is 0 Å². The molecule has 1 saturated heterocycles. The van der Waals surface area contributed by atoms with Crippen LogP contribution in [0.2, 0.25) is 0 Å². The van der Waals surface area contributed by atoms with Gasteiger partial charge in [0.05, 0.1) is 19.7 Å². The SMILES string of the molecule is COc1ccc([C@@H]2Cn3ccnc3CN2CC2CCOCC2)cc1. The Morgan fingerprint density at radius 3 is 2.75 bits per heavy atom. The lowest BCUT2D eigenvalue weighted by molar-refractivity contribution is 0.0351. The largest absolute Gasteiger partial charge is 0.497 e. The van der Waals surface area contributed by atoms with E-state index in [1.807, 2.05) is 6.20 Å². The number of benzene rings is 1. The van der Waals surface area contributed by atoms with Crippen LogP contribution in [0.3, 0.4) is 0 Å². The van der Waals surface area contributed by atoms with Crippen molar-refractivity contribution in [2.24, 2.45) is 5.92 Å². The second-order valence-corrected chi connectivity index (χ2v) is 6.77. The van der Waals surface area contributed by atoms with Crippen LogP contribution in [0.15, 0.2) is 36.7 Å². The molecule has 5 heteroatoms. The van der Waals surface area contributed by atoms with Gasteiger partial charge >= 0.3 is 0 Å². The van der Waals surface area contributed by atoms with E-state index in [2.05, 4.69) is 44.9 Å². The Morgan fingerprint density at radius 2 is 2.00 bits per heavy atom. The maximum Gasteiger partial charge on any atom is 0.122 e. The van der Waals surface area contributed by atoms with E-state index in [1.165, 1.54) is 24.2 Å². The van der Waals surface area contributed by atoms with Crippen molar-refractivity contribution in [3.8, 4) is 5.75 Å². The molecule has 24 heavy (non-hydrogen) atoms. The van der Waals surface area contributed by atoms with E-state index >= 15 is 0 Å². The number of rotatable bonds is 4. The third-order valence-corrected chi connectivity index (χ3v) is 5.29. The predicted molar refractivity (Wildman–Crippen MR) is 91.9 cm³/mol. The standard InChI is InChI=1S/C19H25N3O2/c1-23-17-4-2-16(3-5-17)18-13-21-9-8-20-19(21)14-22(18)12-15-6-10-24-11-7-15/h2-5,8-9,15,18H,6-7,10-14H2,1H3/t18-/m0/s1. The van der Waals surface area contributed by atoms with Crippen LogP contribution in [0.25, 0.3) is 0 Å². The number of imidazole rings is 1. The first kappa shape index (κ1) is 15.7. The average molecular weight is 327 g/mol. The fourth-order valence-corrected chi connectivity index (χ4v) is 3.85. The van der Waals surface area contributed by atoms with Gasteiger partial charge in [0.25, 0.3) is 0 Å². The molecule has 128 valence electrons. The molecule has 0 N–H and O–H groups in total. The molecule has 1 atom stereocenters. The first-order chi connectivity index (χ1) is 11.8. The lowest BCUT2D eigenvalue weighted by Gasteiger charge is -2.39. The molecule has 0 unspecified atom stereocenters. The van der Waals surface area contributed by atoms with E-state index in [0.29, 0.717) is 6.04 Å². The van der Waals surface area contributed by atoms with Crippen molar-refractivity contribution in [2.75, 3.05) is 26.9 Å². The molecule has 0 spiro atoms. The van der Waals surface area contributed by atoms with Crippen molar-refractivity contribution in [2.45, 2.75) is 32.0 Å². The highest BCUT2D eigenvalue weighted by molar-refractivity contribution is 5.29. The first-order valence-electron chi connectivity index (χ1n) is 8.79. The van der Waals surface area contributed by atoms with Crippen molar-refractivity contribution in [1.29, 1.82) is 0 Å². The lowest BCUT2D eigenvalue weighted by atomic mass is 9.96. The van der Waals surface area contributed by atoms with Crippen molar-refractivity contribution in [3.05, 3.63) is 48.0 Å². The molecule has 3 heterocycles. The molecule has 0 bridgehead atoms. The molecule has 2 aromatic rings. The first-order valence-corrected chi connectivity index (χ1v) is 8.79. The summed E-state index contributed by atoms with van der Waals surface area (Å²) in [6.07, 6.45) is 6.34. The zero-order valence-corrected chi connectivity index (χ0v) is 14.2. The van der Waals surface area contributed by atoms with Crippen molar-refractivity contribution in [3.63, 3.8) is 0 Å². The van der Waals surface area contributed by atoms with Crippen LogP contribution < -0.4 is 4.74 Å². The highest BCUT2D eigenvalue weighted by atomic mass is 16.5. The van der Waals surface area contributed by atoms with Gasteiger partial charge in [-0.3, -0.25) is 4.90 Å². The van der Waals surface area contributed by atoms with Gasteiger partial charge in [0.2, 0.25) is 0 Å². The van der Waals surface area contributed by atoms with Crippen molar-refractivity contribution < 1.29 is 9.47 Å². The summed E-state index contributed by atoms with van der Waals surface area (Å²) in [6.45, 7) is 4.81. The molecule has 0 radical (unpaired) electrons. The normalized spacial score (nSPS) is 22.3. The quantitative estimate of drug-likeness (QED) is 0.866. The average Bonchev–Trinajstić information content (AvgIpc) is 3.09. The summed E-state index contributed by atoms with van der Waals surface area (Å²) in [7, 11) is 1.71. The highest BCUT2D eigenvalue weighted by Crippen LogP contribution is 2.32. The molecule has 0 saturated carbocycles. The molecule has 2 aliphatic rings. The Kier molecular flexibility index (Phi) is 4.54. The van der Waals surface area contributed by atoms with Gasteiger partial charge in [0.15, 0.2) is 0 Å². The number of methoxy groups -OCH3 is 1. The maximum absolute atomic E-state index is 5.52. The van der Waals surface area contributed by atoms with E-state index in [4.69, 9.17) is 9.47 Å². The van der Waals surface area contributed by atoms with E-state index < -0.39 is 0 Å². The van der Waals surface area contributed by atoms with E-state index in [9.17, 15) is 0 Å². The van der Waals surface area contributed by atoms with Crippen LogP contribution in [-0.2, 0) is 17.8 Å². The fourth-order valence-electron chi connectivity index (χ4n) is 3.85. The van der Waals surface area contributed by atoms with Crippen LogP contribution >= 0.6 is 0 Å². The zero-order valence-electron chi connectivity index (χ0n) is 14.2. The van der Waals surface area contributed by atoms with Gasteiger partial charge in [-0.05, 0) is 36.5 Å². The molecular formula is C19H25N3O2. The molecule has 1 aromatic heterocycles. The molecule has 5 nitrogen and oxygen atoms in total. The molecule has 2 aliphatic heterocycles. The third kappa shape index (κ3) is 3.19. The predicted octanol–water partition coefficient (Wildman–Crippen LogP) is 2.88. The number of hydrogen-bond donors (Lipinski definition) is 0. The van der Waals surface area contributed by atoms with E-state index in [0.717, 1.165) is 44.5 Å². The summed E-state index contributed by atoms with van der Waals surface area (Å²) < 4.78 is 13.1. The molecule has 1 fully saturated rings. The molecule has 4 rings (SSSR count). The van der Waals surface area contributed by atoms with Crippen LogP contribution in [0.4, 0.5) is 0 Å². The maximum atomic E-state index is 5.52. The Labute approximate surface area is 143 Å².